The largest absolute Gasteiger partial charge is 0.325 e. The predicted octanol–water partition coefficient (Wildman–Crippen LogP) is 4.30. The summed E-state index contributed by atoms with van der Waals surface area (Å²) in [5.74, 6) is -0.0720. The summed E-state index contributed by atoms with van der Waals surface area (Å²) in [6, 6.07) is 21.5. The molecule has 0 aliphatic rings. The molecule has 0 spiro atoms. The van der Waals surface area contributed by atoms with Crippen LogP contribution < -0.4 is 10.9 Å². The smallest absolute Gasteiger partial charge is 0.262 e. The van der Waals surface area contributed by atoms with Crippen LogP contribution in [0, 0.1) is 6.92 Å². The Bertz CT molecular complexity index is 1520. The SMILES string of the molecule is Cc1cccc(-n2ncc3c(=O)[nH]c(SCC(=O)Nc4cccc5ccccc45)nc32)c1. The monoisotopic (exact) mass is 441 g/mol. The van der Waals surface area contributed by atoms with Crippen LogP contribution in [0.3, 0.4) is 0 Å². The number of rotatable bonds is 5. The zero-order valence-corrected chi connectivity index (χ0v) is 18.0. The maximum atomic E-state index is 12.6. The highest BCUT2D eigenvalue weighted by molar-refractivity contribution is 7.99. The van der Waals surface area contributed by atoms with Gasteiger partial charge in [-0.1, -0.05) is 60.3 Å². The summed E-state index contributed by atoms with van der Waals surface area (Å²) >= 11 is 1.17. The summed E-state index contributed by atoms with van der Waals surface area (Å²) in [6.07, 6.45) is 1.51. The second kappa shape index (κ2) is 8.32. The first-order valence-corrected chi connectivity index (χ1v) is 11.0. The fourth-order valence-electron chi connectivity index (χ4n) is 3.57. The van der Waals surface area contributed by atoms with E-state index in [1.807, 2.05) is 73.7 Å². The summed E-state index contributed by atoms with van der Waals surface area (Å²) in [5.41, 5.74) is 2.82. The van der Waals surface area contributed by atoms with Gasteiger partial charge < -0.3 is 10.3 Å². The summed E-state index contributed by atoms with van der Waals surface area (Å²) in [5, 5.41) is 10.1. The molecule has 2 aromatic heterocycles. The number of benzene rings is 3. The second-order valence-electron chi connectivity index (χ2n) is 7.37. The van der Waals surface area contributed by atoms with Gasteiger partial charge in [-0.15, -0.1) is 0 Å². The molecule has 2 N–H and O–H groups in total. The number of thioether (sulfide) groups is 1. The van der Waals surface area contributed by atoms with Gasteiger partial charge in [0.2, 0.25) is 5.91 Å². The number of anilines is 1. The Morgan fingerprint density at radius 3 is 2.75 bits per heavy atom. The number of hydrogen-bond acceptors (Lipinski definition) is 5. The molecule has 2 heterocycles. The number of hydrogen-bond donors (Lipinski definition) is 2. The van der Waals surface area contributed by atoms with E-state index in [1.165, 1.54) is 18.0 Å². The number of fused-ring (bicyclic) bond motifs is 2. The first-order valence-electron chi connectivity index (χ1n) is 10.0. The van der Waals surface area contributed by atoms with E-state index in [1.54, 1.807) is 4.68 Å². The number of nitrogens with one attached hydrogen (secondary N) is 2. The van der Waals surface area contributed by atoms with Gasteiger partial charge in [0.15, 0.2) is 10.8 Å². The van der Waals surface area contributed by atoms with E-state index in [2.05, 4.69) is 20.4 Å². The van der Waals surface area contributed by atoms with Crippen molar-refractivity contribution >= 4 is 45.2 Å². The fourth-order valence-corrected chi connectivity index (χ4v) is 4.23. The van der Waals surface area contributed by atoms with Gasteiger partial charge in [0.25, 0.3) is 5.56 Å². The molecule has 3 aromatic carbocycles. The lowest BCUT2D eigenvalue weighted by Gasteiger charge is -2.09. The third-order valence-electron chi connectivity index (χ3n) is 5.07. The number of amides is 1. The number of carbonyl (C=O) groups is 1. The van der Waals surface area contributed by atoms with Crippen LogP contribution in [0.25, 0.3) is 27.5 Å². The van der Waals surface area contributed by atoms with Gasteiger partial charge >= 0.3 is 0 Å². The highest BCUT2D eigenvalue weighted by Crippen LogP contribution is 2.24. The lowest BCUT2D eigenvalue weighted by atomic mass is 10.1. The number of carbonyl (C=O) groups excluding carboxylic acids is 1. The maximum Gasteiger partial charge on any atom is 0.262 e. The molecule has 0 fully saturated rings. The number of aromatic amines is 1. The van der Waals surface area contributed by atoms with E-state index in [0.717, 1.165) is 27.7 Å². The van der Waals surface area contributed by atoms with E-state index in [-0.39, 0.29) is 17.2 Å². The molecule has 1 amide bonds. The third-order valence-corrected chi connectivity index (χ3v) is 5.94. The normalized spacial score (nSPS) is 11.2. The van der Waals surface area contributed by atoms with Crippen molar-refractivity contribution in [3.05, 3.63) is 88.8 Å². The average Bonchev–Trinajstić information content (AvgIpc) is 3.23. The summed E-state index contributed by atoms with van der Waals surface area (Å²) in [7, 11) is 0. The van der Waals surface area contributed by atoms with Crippen LogP contribution in [0.2, 0.25) is 0 Å². The van der Waals surface area contributed by atoms with Gasteiger partial charge in [-0.3, -0.25) is 9.59 Å². The van der Waals surface area contributed by atoms with E-state index in [0.29, 0.717) is 16.2 Å². The van der Waals surface area contributed by atoms with Gasteiger partial charge in [0, 0.05) is 11.1 Å². The Morgan fingerprint density at radius 1 is 1.06 bits per heavy atom. The lowest BCUT2D eigenvalue weighted by Crippen LogP contribution is -2.16. The Labute approximate surface area is 187 Å². The van der Waals surface area contributed by atoms with Crippen molar-refractivity contribution in [2.75, 3.05) is 11.1 Å². The van der Waals surface area contributed by atoms with Crippen molar-refractivity contribution in [1.29, 1.82) is 0 Å². The van der Waals surface area contributed by atoms with Crippen LogP contribution in [0.5, 0.6) is 0 Å². The summed E-state index contributed by atoms with van der Waals surface area (Å²) in [4.78, 5) is 32.4. The average molecular weight is 442 g/mol. The van der Waals surface area contributed by atoms with Gasteiger partial charge in [-0.2, -0.15) is 5.10 Å². The molecule has 0 saturated carbocycles. The zero-order chi connectivity index (χ0) is 22.1. The highest BCUT2D eigenvalue weighted by Gasteiger charge is 2.13. The third kappa shape index (κ3) is 3.88. The summed E-state index contributed by atoms with van der Waals surface area (Å²) < 4.78 is 1.64. The van der Waals surface area contributed by atoms with Crippen molar-refractivity contribution in [2.45, 2.75) is 12.1 Å². The quantitative estimate of drug-likeness (QED) is 0.313. The van der Waals surface area contributed by atoms with Crippen LogP contribution in [-0.2, 0) is 4.79 Å². The molecule has 0 bridgehead atoms. The van der Waals surface area contributed by atoms with Crippen molar-refractivity contribution in [2.24, 2.45) is 0 Å². The minimum absolute atomic E-state index is 0.107. The van der Waals surface area contributed by atoms with Crippen molar-refractivity contribution in [1.82, 2.24) is 19.7 Å². The minimum Gasteiger partial charge on any atom is -0.325 e. The first-order chi connectivity index (χ1) is 15.6. The van der Waals surface area contributed by atoms with Gasteiger partial charge in [-0.25, -0.2) is 9.67 Å². The number of aryl methyl sites for hydroxylation is 1. The molecule has 5 rings (SSSR count). The molecule has 0 aliphatic heterocycles. The Kier molecular flexibility index (Phi) is 5.20. The van der Waals surface area contributed by atoms with Crippen LogP contribution in [0.15, 0.2) is 82.9 Å². The summed E-state index contributed by atoms with van der Waals surface area (Å²) in [6.45, 7) is 1.99. The Balaban J connectivity index is 1.38. The molecule has 158 valence electrons. The van der Waals surface area contributed by atoms with E-state index in [4.69, 9.17) is 0 Å². The minimum atomic E-state index is -0.286. The molecule has 0 unspecified atom stereocenters. The van der Waals surface area contributed by atoms with Crippen molar-refractivity contribution in [3.8, 4) is 5.69 Å². The Hall–Kier alpha value is -3.91. The fraction of sp³-hybridized carbons (Fsp3) is 0.0833. The van der Waals surface area contributed by atoms with Crippen LogP contribution in [0.1, 0.15) is 5.56 Å². The van der Waals surface area contributed by atoms with Crippen LogP contribution >= 0.6 is 11.8 Å². The zero-order valence-electron chi connectivity index (χ0n) is 17.2. The van der Waals surface area contributed by atoms with Crippen molar-refractivity contribution in [3.63, 3.8) is 0 Å². The first kappa shape index (κ1) is 20.0. The van der Waals surface area contributed by atoms with E-state index >= 15 is 0 Å². The van der Waals surface area contributed by atoms with Gasteiger partial charge in [-0.05, 0) is 36.1 Å². The molecular formula is C24H19N5O2S. The lowest BCUT2D eigenvalue weighted by molar-refractivity contribution is -0.113. The maximum absolute atomic E-state index is 12.6. The molecule has 0 radical (unpaired) electrons. The molecule has 32 heavy (non-hydrogen) atoms. The van der Waals surface area contributed by atoms with Gasteiger partial charge in [0.05, 0.1) is 17.6 Å². The molecule has 0 atom stereocenters. The predicted molar refractivity (Wildman–Crippen MR) is 128 cm³/mol. The topological polar surface area (TPSA) is 92.7 Å². The number of nitrogens with zero attached hydrogens (tertiary/aromatic N) is 3. The molecule has 7 nitrogen and oxygen atoms in total. The van der Waals surface area contributed by atoms with E-state index < -0.39 is 0 Å². The van der Waals surface area contributed by atoms with E-state index in [9.17, 15) is 9.59 Å². The standard InChI is InChI=1S/C24H19N5O2S/c1-15-6-4-9-17(12-15)29-22-19(13-25-29)23(31)28-24(27-22)32-14-21(30)26-20-11-5-8-16-7-2-3-10-18(16)20/h2-13H,14H2,1H3,(H,26,30)(H,27,28,31). The Morgan fingerprint density at radius 2 is 1.88 bits per heavy atom. The molecule has 0 saturated heterocycles. The van der Waals surface area contributed by atoms with Crippen LogP contribution in [-0.4, -0.2) is 31.4 Å². The molecule has 5 aromatic rings. The second-order valence-corrected chi connectivity index (χ2v) is 8.33. The molecule has 8 heteroatoms. The van der Waals surface area contributed by atoms with Crippen molar-refractivity contribution < 1.29 is 4.79 Å². The number of aromatic nitrogens is 4. The molecule has 0 aliphatic carbocycles. The number of H-pyrrole nitrogens is 1. The van der Waals surface area contributed by atoms with Gasteiger partial charge in [0.1, 0.15) is 5.39 Å². The van der Waals surface area contributed by atoms with Crippen LogP contribution in [0.4, 0.5) is 5.69 Å². The highest BCUT2D eigenvalue weighted by atomic mass is 32.2. The molecular weight excluding hydrogens is 422 g/mol.